The van der Waals surface area contributed by atoms with Crippen molar-refractivity contribution in [2.45, 2.75) is 91.9 Å². The summed E-state index contributed by atoms with van der Waals surface area (Å²) in [6.07, 6.45) is 0. The molecular formula is C76H64N2O4. The van der Waals surface area contributed by atoms with Crippen LogP contribution in [0, 0.1) is 0 Å². The fraction of sp³-hybridized carbons (Fsp3) is 0.184. The third-order valence-corrected chi connectivity index (χ3v) is 17.2. The molecule has 15 rings (SSSR count). The normalized spacial score (nSPS) is 12.7. The first-order valence-corrected chi connectivity index (χ1v) is 28.9. The van der Waals surface area contributed by atoms with E-state index in [2.05, 4.69) is 273 Å². The van der Waals surface area contributed by atoms with Gasteiger partial charge < -0.3 is 27.5 Å². The van der Waals surface area contributed by atoms with Crippen LogP contribution in [0.3, 0.4) is 0 Å². The van der Waals surface area contributed by atoms with Crippen LogP contribution in [0.25, 0.3) is 109 Å². The zero-order valence-electron chi connectivity index (χ0n) is 48.2. The molecule has 0 amide bonds. The van der Waals surface area contributed by atoms with Crippen molar-refractivity contribution in [3.05, 3.63) is 216 Å². The second-order valence-electron chi connectivity index (χ2n) is 25.3. The molecule has 6 heteroatoms. The van der Waals surface area contributed by atoms with E-state index in [1.165, 1.54) is 22.3 Å². The summed E-state index contributed by atoms with van der Waals surface area (Å²) in [5.74, 6) is 0.793. The number of furan rings is 4. The number of rotatable bonds is 8. The lowest BCUT2D eigenvalue weighted by atomic mass is 9.86. The number of hydrogen-bond donors (Lipinski definition) is 0. The van der Waals surface area contributed by atoms with Crippen molar-refractivity contribution in [1.29, 1.82) is 0 Å². The third-order valence-electron chi connectivity index (χ3n) is 17.2. The average molecular weight is 1070 g/mol. The van der Waals surface area contributed by atoms with Gasteiger partial charge in [0.1, 0.15) is 44.7 Å². The summed E-state index contributed by atoms with van der Waals surface area (Å²) >= 11 is 0. The Morgan fingerprint density at radius 2 is 0.659 bits per heavy atom. The largest absolute Gasteiger partial charge is 0.456 e. The molecule has 0 saturated carbocycles. The lowest BCUT2D eigenvalue weighted by Crippen LogP contribution is -2.11. The molecule has 6 nitrogen and oxygen atoms in total. The molecule has 0 saturated heterocycles. The van der Waals surface area contributed by atoms with Crippen molar-refractivity contribution in [1.82, 2.24) is 0 Å². The van der Waals surface area contributed by atoms with E-state index in [1.54, 1.807) is 0 Å². The molecule has 0 radical (unpaired) electrons. The second kappa shape index (κ2) is 18.1. The molecule has 0 aliphatic heterocycles. The third kappa shape index (κ3) is 7.75. The van der Waals surface area contributed by atoms with Crippen LogP contribution >= 0.6 is 0 Å². The molecule has 0 N–H and O–H groups in total. The van der Waals surface area contributed by atoms with Crippen LogP contribution in [0.4, 0.5) is 34.1 Å². The lowest BCUT2D eigenvalue weighted by molar-refractivity contribution is 0.572. The van der Waals surface area contributed by atoms with Crippen LogP contribution < -0.4 is 9.80 Å². The molecule has 402 valence electrons. The van der Waals surface area contributed by atoms with Crippen LogP contribution in [0.15, 0.2) is 212 Å². The molecule has 4 aromatic heterocycles. The van der Waals surface area contributed by atoms with Crippen LogP contribution in [0.2, 0.25) is 0 Å². The van der Waals surface area contributed by atoms with Crippen molar-refractivity contribution in [2.24, 2.45) is 0 Å². The Morgan fingerprint density at radius 1 is 0.293 bits per heavy atom. The first-order valence-electron chi connectivity index (χ1n) is 28.9. The van der Waals surface area contributed by atoms with Gasteiger partial charge in [-0.3, -0.25) is 0 Å². The van der Waals surface area contributed by atoms with Gasteiger partial charge in [-0.2, -0.15) is 0 Å². The zero-order valence-corrected chi connectivity index (χ0v) is 48.2. The van der Waals surface area contributed by atoms with Gasteiger partial charge in [0.2, 0.25) is 0 Å². The predicted molar refractivity (Wildman–Crippen MR) is 346 cm³/mol. The highest BCUT2D eigenvalue weighted by Gasteiger charge is 2.28. The number of nitrogens with zero attached hydrogens (tertiary/aromatic N) is 2. The van der Waals surface area contributed by atoms with Gasteiger partial charge in [0.25, 0.3) is 0 Å². The molecule has 0 bridgehead atoms. The minimum atomic E-state index is -0.0805. The van der Waals surface area contributed by atoms with Gasteiger partial charge in [-0.15, -0.1) is 0 Å². The Morgan fingerprint density at radius 3 is 1.04 bits per heavy atom. The van der Waals surface area contributed by atoms with Gasteiger partial charge in [-0.1, -0.05) is 178 Å². The molecule has 0 aliphatic rings. The van der Waals surface area contributed by atoms with Crippen molar-refractivity contribution in [3.8, 4) is 0 Å². The Labute approximate surface area is 476 Å². The first-order chi connectivity index (χ1) is 39.6. The van der Waals surface area contributed by atoms with Crippen molar-refractivity contribution in [3.63, 3.8) is 0 Å². The molecule has 4 heterocycles. The standard InChI is InChI=1S/C76H64N2O4/c1-43(2)45-25-29-47(30-26-45)77(49-33-35-65-57(37-49)55-21-15-23-61(73(55)81-65)75(5,6)7)63-41-69-71(53-19-13-11-17-51(53)63)59-39-68-60(40-67(59)79-69)72-54-20-14-12-18-52(54)64(42-70(72)80-68)78(48-31-27-46(28-32-48)44(3)4)50-34-36-66-58(38-50)56-22-16-24-62(74(56)82-66)76(8,9)10/h11-44H,1-10H3. The number of benzene rings is 11. The topological polar surface area (TPSA) is 59.0 Å². The number of anilines is 6. The van der Waals surface area contributed by atoms with E-state index in [0.717, 1.165) is 143 Å². The van der Waals surface area contributed by atoms with Gasteiger partial charge in [0.05, 0.1) is 11.4 Å². The molecule has 0 fully saturated rings. The summed E-state index contributed by atoms with van der Waals surface area (Å²) in [5, 5.41) is 12.9. The van der Waals surface area contributed by atoms with E-state index < -0.39 is 0 Å². The monoisotopic (exact) mass is 1070 g/mol. The molecule has 0 unspecified atom stereocenters. The number of hydrogen-bond acceptors (Lipinski definition) is 6. The Bertz CT molecular complexity index is 4750. The highest BCUT2D eigenvalue weighted by molar-refractivity contribution is 6.28. The average Bonchev–Trinajstić information content (AvgIpc) is 3.67. The van der Waals surface area contributed by atoms with Crippen molar-refractivity contribution < 1.29 is 17.7 Å². The lowest BCUT2D eigenvalue weighted by Gasteiger charge is -2.27. The van der Waals surface area contributed by atoms with Gasteiger partial charge in [0, 0.05) is 99.9 Å². The van der Waals surface area contributed by atoms with E-state index >= 15 is 0 Å². The van der Waals surface area contributed by atoms with Gasteiger partial charge in [0.15, 0.2) is 0 Å². The summed E-state index contributed by atoms with van der Waals surface area (Å²) in [7, 11) is 0. The van der Waals surface area contributed by atoms with Crippen LogP contribution in [0.1, 0.15) is 103 Å². The SMILES string of the molecule is CC(C)c1ccc(N(c2ccc3oc4c(C(C)(C)C)cccc4c3c2)c2cc3oc4cc5c(cc4c3c3ccccc23)oc2cc(N(c3ccc(C(C)C)cc3)c3ccc4oc6c(C(C)(C)C)cccc6c4c3)c3ccccc3c25)cc1. The number of para-hydroxylation sites is 2. The van der Waals surface area contributed by atoms with E-state index in [4.69, 9.17) is 17.7 Å². The van der Waals surface area contributed by atoms with Gasteiger partial charge in [-0.25, -0.2) is 0 Å². The van der Waals surface area contributed by atoms with E-state index in [-0.39, 0.29) is 10.8 Å². The molecule has 0 aliphatic carbocycles. The minimum absolute atomic E-state index is 0.0805. The predicted octanol–water partition coefficient (Wildman–Crippen LogP) is 23.4. The summed E-state index contributed by atoms with van der Waals surface area (Å²) in [4.78, 5) is 4.77. The Balaban J connectivity index is 0.922. The Kier molecular flexibility index (Phi) is 11.0. The van der Waals surface area contributed by atoms with E-state index in [0.29, 0.717) is 11.8 Å². The zero-order chi connectivity index (χ0) is 56.1. The molecule has 15 aromatic rings. The molecule has 0 atom stereocenters. The molecule has 0 spiro atoms. The van der Waals surface area contributed by atoms with E-state index in [9.17, 15) is 0 Å². The fourth-order valence-electron chi connectivity index (χ4n) is 13.0. The fourth-order valence-corrected chi connectivity index (χ4v) is 13.0. The molecule has 82 heavy (non-hydrogen) atoms. The smallest absolute Gasteiger partial charge is 0.139 e. The summed E-state index contributed by atoms with van der Waals surface area (Å²) in [6, 6.07) is 70.7. The maximum Gasteiger partial charge on any atom is 0.139 e. The minimum Gasteiger partial charge on any atom is -0.456 e. The highest BCUT2D eigenvalue weighted by Crippen LogP contribution is 2.51. The maximum absolute atomic E-state index is 7.16. The van der Waals surface area contributed by atoms with Gasteiger partial charge in [-0.05, 0) is 117 Å². The Hall–Kier alpha value is -9.26. The molecular weight excluding hydrogens is 1000 g/mol. The van der Waals surface area contributed by atoms with Crippen LogP contribution in [-0.4, -0.2) is 0 Å². The van der Waals surface area contributed by atoms with Crippen molar-refractivity contribution in [2.75, 3.05) is 9.80 Å². The first kappa shape index (κ1) is 49.8. The summed E-state index contributed by atoms with van der Waals surface area (Å²) in [6.45, 7) is 22.4. The van der Waals surface area contributed by atoms with Gasteiger partial charge >= 0.3 is 0 Å². The quantitative estimate of drug-likeness (QED) is 0.151. The summed E-state index contributed by atoms with van der Waals surface area (Å²) < 4.78 is 27.7. The maximum atomic E-state index is 7.16. The molecule has 11 aromatic carbocycles. The highest BCUT2D eigenvalue weighted by atomic mass is 16.3. The summed E-state index contributed by atoms with van der Waals surface area (Å²) in [5.41, 5.74) is 17.9. The van der Waals surface area contributed by atoms with Crippen molar-refractivity contribution >= 4 is 143 Å². The van der Waals surface area contributed by atoms with E-state index in [1.807, 2.05) is 0 Å². The van der Waals surface area contributed by atoms with Crippen LogP contribution in [-0.2, 0) is 10.8 Å². The number of fused-ring (bicyclic) bond motifs is 16. The second-order valence-corrected chi connectivity index (χ2v) is 25.3. The van der Waals surface area contributed by atoms with Crippen LogP contribution in [0.5, 0.6) is 0 Å².